The fourth-order valence-corrected chi connectivity index (χ4v) is 3.80. The quantitative estimate of drug-likeness (QED) is 0.203. The van der Waals surface area contributed by atoms with E-state index in [-0.39, 0.29) is 196 Å². The second-order valence-electron chi connectivity index (χ2n) is 7.15. The van der Waals surface area contributed by atoms with E-state index in [1.807, 2.05) is 48.5 Å². The summed E-state index contributed by atoms with van der Waals surface area (Å²) in [6.45, 7) is 1.88. The molecule has 9 heteroatoms. The van der Waals surface area contributed by atoms with E-state index < -0.39 is 11.9 Å². The molecule has 3 aromatic rings. The molecule has 0 aliphatic rings. The summed E-state index contributed by atoms with van der Waals surface area (Å²) in [4.78, 5) is 30.2. The number of carbonyl (C=O) groups is 2. The van der Waals surface area contributed by atoms with Crippen LogP contribution in [-0.4, -0.2) is 28.4 Å². The predicted molar refractivity (Wildman–Crippen MR) is 151 cm³/mol. The molecular weight excluding hydrogens is 542 g/mol. The molecule has 0 aliphatic heterocycles. The van der Waals surface area contributed by atoms with E-state index in [2.05, 4.69) is 29.2 Å². The molecule has 0 aliphatic carbocycles. The number of aromatic nitrogens is 1. The van der Waals surface area contributed by atoms with Crippen LogP contribution < -0.4 is 140 Å². The monoisotopic (exact) mass is 585 g/mol. The zero-order valence-corrected chi connectivity index (χ0v) is 33.2. The Labute approximate surface area is 348 Å². The summed E-state index contributed by atoms with van der Waals surface area (Å²) < 4.78 is 0. The fraction of sp³-hybridized carbons (Fsp3) is 0.267. The maximum absolute atomic E-state index is 13.1. The topological polar surface area (TPSA) is 74.1 Å². The molecule has 1 N–H and O–H groups in total. The first-order valence-electron chi connectivity index (χ1n) is 10.2. The van der Waals surface area contributed by atoms with E-state index in [9.17, 15) is 9.59 Å². The van der Waals surface area contributed by atoms with E-state index in [0.717, 1.165) is 4.90 Å². The van der Waals surface area contributed by atoms with Crippen LogP contribution in [0.15, 0.2) is 85.1 Å². The average Bonchev–Trinajstić information content (AvgIpc) is 2.78. The Balaban J connectivity index is -0.000000228. The Morgan fingerprint density at radius 2 is 1.21 bits per heavy atom. The number of rotatable bonds is 8. The average molecular weight is 586 g/mol. The molecule has 0 spiro atoms. The molecule has 1 aromatic heterocycles. The van der Waals surface area contributed by atoms with Crippen LogP contribution in [0.4, 0.5) is 4.79 Å². The van der Waals surface area contributed by atoms with Crippen LogP contribution >= 0.6 is 0 Å². The van der Waals surface area contributed by atoms with Gasteiger partial charge in [0.15, 0.2) is 11.9 Å². The molecule has 0 radical (unpaired) electrons. The first-order chi connectivity index (χ1) is 14.6. The van der Waals surface area contributed by atoms with Crippen LogP contribution in [0.3, 0.4) is 0 Å². The number of likely N-dealkylation sites (N-methyl/N-ethyl adjacent to an activating group) is 1. The number of hydrogen-bond donors (Lipinski definition) is 0. The summed E-state index contributed by atoms with van der Waals surface area (Å²) in [6, 6.07) is 24.9. The van der Waals surface area contributed by atoms with Gasteiger partial charge in [0.05, 0.1) is 11.6 Å². The minimum absolute atomic E-state index is 0. The number of imide groups is 1. The molecule has 1 heterocycles. The molecule has 0 bridgehead atoms. The van der Waals surface area contributed by atoms with Gasteiger partial charge in [-0.15, -0.1) is 0 Å². The van der Waals surface area contributed by atoms with Crippen LogP contribution in [0.25, 0.3) is 5.73 Å². The molecule has 3 amide bonds. The third kappa shape index (κ3) is 17.1. The molecule has 194 valence electrons. The van der Waals surface area contributed by atoms with Gasteiger partial charge in [0.2, 0.25) is 0 Å². The van der Waals surface area contributed by atoms with Gasteiger partial charge in [-0.1, -0.05) is 88.5 Å². The van der Waals surface area contributed by atoms with E-state index in [1.165, 1.54) is 11.1 Å². The molecule has 5 nitrogen and oxygen atoms in total. The summed E-state index contributed by atoms with van der Waals surface area (Å²) in [5.41, 5.74) is 10.4. The minimum Gasteiger partial charge on any atom is -0.447 e. The van der Waals surface area contributed by atoms with Gasteiger partial charge in [0, 0.05) is 12.1 Å². The Morgan fingerprint density at radius 1 is 0.769 bits per heavy atom. The van der Waals surface area contributed by atoms with Crippen molar-refractivity contribution in [2.75, 3.05) is 6.54 Å². The Morgan fingerprint density at radius 3 is 1.56 bits per heavy atom. The minimum atomic E-state index is -0.980. The van der Waals surface area contributed by atoms with Crippen molar-refractivity contribution in [2.45, 2.75) is 46.5 Å². The van der Waals surface area contributed by atoms with E-state index >= 15 is 0 Å². The first-order valence-corrected chi connectivity index (χ1v) is 10.2. The second-order valence-corrected chi connectivity index (χ2v) is 7.15. The summed E-state index contributed by atoms with van der Waals surface area (Å²) in [6.07, 6.45) is 2.89. The fourth-order valence-electron chi connectivity index (χ4n) is 3.80. The molecule has 1 atom stereocenters. The standard InChI is InChI=1S/C25H27N3O2.2CH4.3CH3.K.3Na/c1-2-28(25(26)30)24(29)22(23-15-9-10-18-27-23)17-16-21(19-11-5-3-6-12-19)20-13-7-4-8-14-20;;;;;;;;;/h3-15,18,21-22H,2,16-17H2,1H3,(H2,26,30);2*1H4;3*1H3;;;;/q;;;3*-1;4*+1/p-1. The maximum Gasteiger partial charge on any atom is 1.00 e. The van der Waals surface area contributed by atoms with Gasteiger partial charge < -0.3 is 32.9 Å². The number of urea groups is 1. The van der Waals surface area contributed by atoms with E-state index in [1.54, 1.807) is 19.2 Å². The number of carbonyl (C=O) groups excluding carboxylic acids is 2. The van der Waals surface area contributed by atoms with Gasteiger partial charge in [-0.3, -0.25) is 14.6 Å². The molecular formula is C30H43KN3Na3O2. The summed E-state index contributed by atoms with van der Waals surface area (Å²) >= 11 is 0. The van der Waals surface area contributed by atoms with Crippen LogP contribution in [0.1, 0.15) is 63.3 Å². The van der Waals surface area contributed by atoms with Crippen LogP contribution in [0, 0.1) is 22.3 Å². The molecule has 1 unspecified atom stereocenters. The van der Waals surface area contributed by atoms with Crippen molar-refractivity contribution >= 4 is 11.9 Å². The Bertz CT molecular complexity index is 929. The Kier molecular flexibility index (Phi) is 44.0. The summed E-state index contributed by atoms with van der Waals surface area (Å²) in [5, 5.41) is 0. The van der Waals surface area contributed by atoms with Crippen molar-refractivity contribution in [1.82, 2.24) is 9.88 Å². The number of amides is 3. The van der Waals surface area contributed by atoms with Crippen LogP contribution in [0.2, 0.25) is 0 Å². The van der Waals surface area contributed by atoms with Crippen molar-refractivity contribution in [3.63, 3.8) is 0 Å². The van der Waals surface area contributed by atoms with E-state index in [0.29, 0.717) is 18.5 Å². The second kappa shape index (κ2) is 30.6. The molecule has 0 saturated heterocycles. The largest absolute Gasteiger partial charge is 1.00 e. The normalized spacial score (nSPS) is 9.08. The third-order valence-corrected chi connectivity index (χ3v) is 5.32. The number of pyridine rings is 1. The number of benzene rings is 2. The zero-order valence-electron chi connectivity index (χ0n) is 24.1. The number of nitrogens with one attached hydrogen (secondary N) is 1. The van der Waals surface area contributed by atoms with Gasteiger partial charge in [0.25, 0.3) is 0 Å². The van der Waals surface area contributed by atoms with Crippen LogP contribution in [0.5, 0.6) is 0 Å². The van der Waals surface area contributed by atoms with Crippen LogP contribution in [-0.2, 0) is 4.79 Å². The van der Waals surface area contributed by atoms with Crippen molar-refractivity contribution in [3.8, 4) is 0 Å². The van der Waals surface area contributed by atoms with Crippen molar-refractivity contribution < 1.29 is 150 Å². The molecule has 3 rings (SSSR count). The molecule has 0 saturated carbocycles. The van der Waals surface area contributed by atoms with Crippen molar-refractivity contribution in [2.24, 2.45) is 0 Å². The first kappa shape index (κ1) is 56.0. The van der Waals surface area contributed by atoms with Gasteiger partial charge in [-0.2, -0.15) is 0 Å². The smallest absolute Gasteiger partial charge is 0.447 e. The maximum atomic E-state index is 13.1. The molecule has 39 heavy (non-hydrogen) atoms. The summed E-state index contributed by atoms with van der Waals surface area (Å²) in [5.74, 6) is -0.820. The van der Waals surface area contributed by atoms with Gasteiger partial charge in [0.1, 0.15) is 0 Å². The molecule has 2 aromatic carbocycles. The predicted octanol–water partition coefficient (Wildman–Crippen LogP) is -3.56. The zero-order chi connectivity index (χ0) is 21.3. The number of hydrogen-bond acceptors (Lipinski definition) is 3. The summed E-state index contributed by atoms with van der Waals surface area (Å²) in [7, 11) is 0. The van der Waals surface area contributed by atoms with Crippen molar-refractivity contribution in [1.29, 1.82) is 0 Å². The molecule has 0 fully saturated rings. The van der Waals surface area contributed by atoms with Gasteiger partial charge in [-0.25, -0.2) is 0 Å². The van der Waals surface area contributed by atoms with Crippen molar-refractivity contribution in [3.05, 3.63) is 130 Å². The SMILES string of the molecule is C.C.CCN(C([NH-])=O)C(=O)C(CCC(c1ccccc1)c1ccccc1)c1ccccn1.[CH3-].[CH3-].[CH3-].[K+].[Na+].[Na+].[Na+]. The van der Waals surface area contributed by atoms with Gasteiger partial charge >= 0.3 is 140 Å². The third-order valence-electron chi connectivity index (χ3n) is 5.32. The Hall–Kier alpha value is 1.17. The van der Waals surface area contributed by atoms with E-state index in [4.69, 9.17) is 5.73 Å². The number of nitrogens with zero attached hydrogens (tertiary/aromatic N) is 2. The van der Waals surface area contributed by atoms with Gasteiger partial charge in [-0.05, 0) is 42.6 Å².